The van der Waals surface area contributed by atoms with Crippen LogP contribution in [0, 0.1) is 11.3 Å². The predicted octanol–water partition coefficient (Wildman–Crippen LogP) is 2.40. The lowest BCUT2D eigenvalue weighted by Crippen LogP contribution is -2.49. The molecule has 0 N–H and O–H groups in total. The van der Waals surface area contributed by atoms with E-state index in [0.717, 1.165) is 24.5 Å². The highest BCUT2D eigenvalue weighted by Crippen LogP contribution is 2.28. The van der Waals surface area contributed by atoms with E-state index in [1.165, 1.54) is 11.8 Å². The summed E-state index contributed by atoms with van der Waals surface area (Å²) >= 11 is 1.32. The van der Waals surface area contributed by atoms with E-state index in [2.05, 4.69) is 16.0 Å². The maximum atomic E-state index is 12.5. The number of anilines is 1. The van der Waals surface area contributed by atoms with Gasteiger partial charge in [0.1, 0.15) is 16.8 Å². The number of pyridine rings is 1. The molecule has 1 aromatic carbocycles. The summed E-state index contributed by atoms with van der Waals surface area (Å²) in [6.07, 6.45) is 1.64. The van der Waals surface area contributed by atoms with Crippen LogP contribution in [0.15, 0.2) is 47.6 Å². The molecule has 1 aliphatic rings. The zero-order valence-corrected chi connectivity index (χ0v) is 15.4. The van der Waals surface area contributed by atoms with Crippen molar-refractivity contribution < 1.29 is 9.53 Å². The molecule has 26 heavy (non-hydrogen) atoms. The summed E-state index contributed by atoms with van der Waals surface area (Å²) in [5, 5.41) is 9.71. The van der Waals surface area contributed by atoms with Crippen LogP contribution in [0.1, 0.15) is 5.56 Å². The van der Waals surface area contributed by atoms with Crippen LogP contribution in [0.5, 0.6) is 5.75 Å². The van der Waals surface area contributed by atoms with Gasteiger partial charge in [-0.25, -0.2) is 4.98 Å². The third-order valence-electron chi connectivity index (χ3n) is 4.28. The molecule has 134 valence electrons. The van der Waals surface area contributed by atoms with E-state index in [-0.39, 0.29) is 5.91 Å². The Hall–Kier alpha value is -2.72. The van der Waals surface area contributed by atoms with E-state index in [9.17, 15) is 4.79 Å². The average Bonchev–Trinajstić information content (AvgIpc) is 2.72. The van der Waals surface area contributed by atoms with Crippen molar-refractivity contribution in [1.29, 1.82) is 5.26 Å². The van der Waals surface area contributed by atoms with Crippen LogP contribution < -0.4 is 9.64 Å². The Morgan fingerprint density at radius 3 is 2.73 bits per heavy atom. The normalized spacial score (nSPS) is 14.0. The summed E-state index contributed by atoms with van der Waals surface area (Å²) < 4.78 is 5.42. The number of carbonyl (C=O) groups is 1. The molecule has 0 aliphatic carbocycles. The zero-order valence-electron chi connectivity index (χ0n) is 14.6. The summed E-state index contributed by atoms with van der Waals surface area (Å²) in [6, 6.07) is 13.5. The molecule has 0 saturated carbocycles. The van der Waals surface area contributed by atoms with Crippen LogP contribution in [0.3, 0.4) is 0 Å². The fraction of sp³-hybridized carbons (Fsp3) is 0.316. The van der Waals surface area contributed by atoms with Crippen molar-refractivity contribution in [3.63, 3.8) is 0 Å². The number of nitrogens with zero attached hydrogens (tertiary/aromatic N) is 4. The number of benzene rings is 1. The summed E-state index contributed by atoms with van der Waals surface area (Å²) in [5.41, 5.74) is 1.56. The standard InChI is InChI=1S/C19H20N4O2S/c1-25-17-7-3-2-6-16(17)22-9-11-23(12-10-22)18(24)14-26-19-15(13-20)5-4-8-21-19/h2-8H,9-12,14H2,1H3. The number of aromatic nitrogens is 1. The Morgan fingerprint density at radius 1 is 1.23 bits per heavy atom. The molecule has 7 heteroatoms. The van der Waals surface area contributed by atoms with Crippen molar-refractivity contribution >= 4 is 23.4 Å². The Labute approximate surface area is 157 Å². The Morgan fingerprint density at radius 2 is 2.00 bits per heavy atom. The molecule has 0 atom stereocenters. The van der Waals surface area contributed by atoms with E-state index in [0.29, 0.717) is 29.4 Å². The van der Waals surface area contributed by atoms with Gasteiger partial charge in [-0.1, -0.05) is 23.9 Å². The number of hydrogen-bond donors (Lipinski definition) is 0. The summed E-state index contributed by atoms with van der Waals surface area (Å²) in [4.78, 5) is 20.8. The first-order valence-corrected chi connectivity index (χ1v) is 9.35. The first kappa shape index (κ1) is 18.1. The maximum Gasteiger partial charge on any atom is 0.233 e. The molecule has 1 amide bonds. The molecule has 1 fully saturated rings. The molecular formula is C19H20N4O2S. The van der Waals surface area contributed by atoms with Crippen molar-refractivity contribution in [3.05, 3.63) is 48.2 Å². The quantitative estimate of drug-likeness (QED) is 0.755. The number of ether oxygens (including phenoxy) is 1. The molecule has 0 unspecified atom stereocenters. The fourth-order valence-electron chi connectivity index (χ4n) is 2.90. The number of thioether (sulfide) groups is 1. The van der Waals surface area contributed by atoms with Crippen molar-refractivity contribution in [1.82, 2.24) is 9.88 Å². The molecule has 2 aromatic rings. The zero-order chi connectivity index (χ0) is 18.4. The second kappa shape index (κ2) is 8.59. The molecular weight excluding hydrogens is 348 g/mol. The fourth-order valence-corrected chi connectivity index (χ4v) is 3.75. The molecule has 0 bridgehead atoms. The second-order valence-electron chi connectivity index (χ2n) is 5.80. The third-order valence-corrected chi connectivity index (χ3v) is 5.27. The van der Waals surface area contributed by atoms with Gasteiger partial charge in [-0.15, -0.1) is 0 Å². The van der Waals surface area contributed by atoms with E-state index in [1.807, 2.05) is 29.2 Å². The van der Waals surface area contributed by atoms with Gasteiger partial charge in [0.15, 0.2) is 0 Å². The molecule has 2 heterocycles. The molecule has 6 nitrogen and oxygen atoms in total. The van der Waals surface area contributed by atoms with E-state index in [4.69, 9.17) is 10.00 Å². The second-order valence-corrected chi connectivity index (χ2v) is 6.76. The largest absolute Gasteiger partial charge is 0.495 e. The van der Waals surface area contributed by atoms with Crippen LogP contribution in [-0.2, 0) is 4.79 Å². The Balaban J connectivity index is 1.55. The van der Waals surface area contributed by atoms with Gasteiger partial charge in [-0.3, -0.25) is 4.79 Å². The number of para-hydroxylation sites is 2. The molecule has 1 aromatic heterocycles. The highest BCUT2D eigenvalue weighted by atomic mass is 32.2. The topological polar surface area (TPSA) is 69.5 Å². The van der Waals surface area contributed by atoms with Gasteiger partial charge in [0.2, 0.25) is 5.91 Å². The summed E-state index contributed by atoms with van der Waals surface area (Å²) in [5.74, 6) is 1.21. The number of hydrogen-bond acceptors (Lipinski definition) is 6. The minimum Gasteiger partial charge on any atom is -0.495 e. The van der Waals surface area contributed by atoms with Crippen LogP contribution >= 0.6 is 11.8 Å². The first-order chi connectivity index (χ1) is 12.7. The monoisotopic (exact) mass is 368 g/mol. The van der Waals surface area contributed by atoms with Gasteiger partial charge in [0, 0.05) is 32.4 Å². The van der Waals surface area contributed by atoms with Crippen molar-refractivity contribution in [2.45, 2.75) is 5.03 Å². The van der Waals surface area contributed by atoms with Gasteiger partial charge in [0.25, 0.3) is 0 Å². The minimum atomic E-state index is 0.0734. The summed E-state index contributed by atoms with van der Waals surface area (Å²) in [7, 11) is 1.67. The van der Waals surface area contributed by atoms with Crippen molar-refractivity contribution in [2.24, 2.45) is 0 Å². The lowest BCUT2D eigenvalue weighted by molar-refractivity contribution is -0.128. The number of nitriles is 1. The first-order valence-electron chi connectivity index (χ1n) is 8.36. The molecule has 1 saturated heterocycles. The Kier molecular flexibility index (Phi) is 5.97. The van der Waals surface area contributed by atoms with Gasteiger partial charge in [0.05, 0.1) is 24.1 Å². The van der Waals surface area contributed by atoms with E-state index < -0.39 is 0 Å². The van der Waals surface area contributed by atoms with Crippen molar-refractivity contribution in [3.8, 4) is 11.8 Å². The SMILES string of the molecule is COc1ccccc1N1CCN(C(=O)CSc2ncccc2C#N)CC1. The number of amides is 1. The van der Waals surface area contributed by atoms with Crippen LogP contribution in [-0.4, -0.2) is 54.8 Å². The van der Waals surface area contributed by atoms with Gasteiger partial charge in [-0.05, 0) is 24.3 Å². The van der Waals surface area contributed by atoms with E-state index >= 15 is 0 Å². The Bertz CT molecular complexity index is 813. The average molecular weight is 368 g/mol. The van der Waals surface area contributed by atoms with Crippen molar-refractivity contribution in [2.75, 3.05) is 43.9 Å². The molecule has 1 aliphatic heterocycles. The maximum absolute atomic E-state index is 12.5. The highest BCUT2D eigenvalue weighted by molar-refractivity contribution is 7.99. The predicted molar refractivity (Wildman–Crippen MR) is 101 cm³/mol. The number of methoxy groups -OCH3 is 1. The van der Waals surface area contributed by atoms with E-state index in [1.54, 1.807) is 25.4 Å². The summed E-state index contributed by atoms with van der Waals surface area (Å²) in [6.45, 7) is 2.88. The van der Waals surface area contributed by atoms with Gasteiger partial charge >= 0.3 is 0 Å². The van der Waals surface area contributed by atoms with Gasteiger partial charge < -0.3 is 14.5 Å². The minimum absolute atomic E-state index is 0.0734. The molecule has 3 rings (SSSR count). The molecule has 0 radical (unpaired) electrons. The number of carbonyl (C=O) groups excluding carboxylic acids is 1. The smallest absolute Gasteiger partial charge is 0.233 e. The third kappa shape index (κ3) is 4.09. The molecule has 0 spiro atoms. The lowest BCUT2D eigenvalue weighted by Gasteiger charge is -2.36. The highest BCUT2D eigenvalue weighted by Gasteiger charge is 2.23. The van der Waals surface area contributed by atoms with Crippen LogP contribution in [0.25, 0.3) is 0 Å². The van der Waals surface area contributed by atoms with Gasteiger partial charge in [-0.2, -0.15) is 5.26 Å². The van der Waals surface area contributed by atoms with Crippen LogP contribution in [0.4, 0.5) is 5.69 Å². The number of rotatable bonds is 5. The number of piperazine rings is 1. The van der Waals surface area contributed by atoms with Crippen LogP contribution in [0.2, 0.25) is 0 Å². The lowest BCUT2D eigenvalue weighted by atomic mass is 10.2.